The van der Waals surface area contributed by atoms with Gasteiger partial charge < -0.3 is 25.4 Å². The fraction of sp³-hybridized carbons (Fsp3) is 0.556. The molecule has 9 heteroatoms. The van der Waals surface area contributed by atoms with Gasteiger partial charge in [0.2, 0.25) is 5.89 Å². The Morgan fingerprint density at radius 3 is 2.39 bits per heavy atom. The molecule has 1 aliphatic heterocycles. The predicted octanol–water partition coefficient (Wildman–Crippen LogP) is -0.773. The number of carboxylic acids is 2. The summed E-state index contributed by atoms with van der Waals surface area (Å²) in [4.78, 5) is 24.4. The average Bonchev–Trinajstić information content (AvgIpc) is 2.88. The van der Waals surface area contributed by atoms with Crippen LogP contribution < -0.4 is 5.73 Å². The van der Waals surface area contributed by atoms with E-state index in [1.165, 1.54) is 0 Å². The molecule has 4 N–H and O–H groups in total. The molecule has 0 radical (unpaired) electrons. The Hall–Kier alpha value is -2.16. The summed E-state index contributed by atoms with van der Waals surface area (Å²) in [5.74, 6) is -2.36. The van der Waals surface area contributed by atoms with Crippen molar-refractivity contribution < 1.29 is 24.3 Å². The van der Waals surface area contributed by atoms with E-state index >= 15 is 0 Å². The van der Waals surface area contributed by atoms with E-state index in [-0.39, 0.29) is 5.95 Å². The third-order valence-electron chi connectivity index (χ3n) is 2.38. The van der Waals surface area contributed by atoms with Gasteiger partial charge in [-0.25, -0.2) is 9.59 Å². The van der Waals surface area contributed by atoms with Crippen molar-refractivity contribution in [3.05, 3.63) is 5.89 Å². The van der Waals surface area contributed by atoms with Gasteiger partial charge in [-0.2, -0.15) is 4.98 Å². The minimum Gasteiger partial charge on any atom is -0.473 e. The lowest BCUT2D eigenvalue weighted by Crippen LogP contribution is -2.13. The van der Waals surface area contributed by atoms with Gasteiger partial charge in [0, 0.05) is 6.54 Å². The van der Waals surface area contributed by atoms with E-state index in [9.17, 15) is 0 Å². The maximum atomic E-state index is 9.10. The van der Waals surface area contributed by atoms with Gasteiger partial charge in [0.25, 0.3) is 5.95 Å². The van der Waals surface area contributed by atoms with Gasteiger partial charge in [-0.05, 0) is 25.2 Å². The van der Waals surface area contributed by atoms with Gasteiger partial charge in [-0.3, -0.25) is 0 Å². The maximum Gasteiger partial charge on any atom is 0.414 e. The number of nitrogen functional groups attached to an aromatic ring is 1. The van der Waals surface area contributed by atoms with Crippen molar-refractivity contribution in [1.82, 2.24) is 15.0 Å². The molecule has 1 unspecified atom stereocenters. The molecule has 18 heavy (non-hydrogen) atoms. The third-order valence-corrected chi connectivity index (χ3v) is 2.38. The molecule has 2 heterocycles. The van der Waals surface area contributed by atoms with E-state index in [0.717, 1.165) is 19.5 Å². The second-order valence-electron chi connectivity index (χ2n) is 3.85. The van der Waals surface area contributed by atoms with Crippen molar-refractivity contribution >= 4 is 17.9 Å². The Balaban J connectivity index is 0.000000232. The smallest absolute Gasteiger partial charge is 0.414 e. The molecule has 2 rings (SSSR count). The Morgan fingerprint density at radius 2 is 2.06 bits per heavy atom. The zero-order valence-electron chi connectivity index (χ0n) is 9.74. The van der Waals surface area contributed by atoms with Gasteiger partial charge in [0.05, 0.1) is 5.92 Å². The highest BCUT2D eigenvalue weighted by Gasteiger charge is 2.25. The molecule has 0 aliphatic carbocycles. The standard InChI is InChI=1S/C7H12N4O.C2H2O4/c1-11-3-2-5(4-11)6-9-7(8)10-12-6;3-1(4)2(5)6/h5H,2-4H2,1H3,(H2,8,10);(H,3,4)(H,5,6). The topological polar surface area (TPSA) is 143 Å². The SMILES string of the molecule is CN1CCC(c2nc(N)no2)C1.O=C(O)C(=O)O. The molecule has 0 saturated carbocycles. The van der Waals surface area contributed by atoms with Crippen LogP contribution in [-0.4, -0.2) is 57.3 Å². The molecule has 0 amide bonds. The van der Waals surface area contributed by atoms with Gasteiger partial charge >= 0.3 is 11.9 Å². The largest absolute Gasteiger partial charge is 0.473 e. The van der Waals surface area contributed by atoms with Crippen molar-refractivity contribution in [2.75, 3.05) is 25.9 Å². The lowest BCUT2D eigenvalue weighted by molar-refractivity contribution is -0.159. The molecule has 1 aliphatic rings. The number of aliphatic carboxylic acids is 2. The van der Waals surface area contributed by atoms with E-state index in [1.807, 2.05) is 0 Å². The summed E-state index contributed by atoms with van der Waals surface area (Å²) in [7, 11) is 2.08. The van der Waals surface area contributed by atoms with Crippen LogP contribution in [-0.2, 0) is 9.59 Å². The Labute approximate surface area is 102 Å². The lowest BCUT2D eigenvalue weighted by atomic mass is 10.1. The first-order valence-corrected chi connectivity index (χ1v) is 5.14. The number of anilines is 1. The maximum absolute atomic E-state index is 9.10. The van der Waals surface area contributed by atoms with Crippen molar-refractivity contribution in [2.45, 2.75) is 12.3 Å². The van der Waals surface area contributed by atoms with Crippen LogP contribution >= 0.6 is 0 Å². The highest BCUT2D eigenvalue weighted by atomic mass is 16.5. The number of carbonyl (C=O) groups is 2. The number of nitrogens with two attached hydrogens (primary N) is 1. The van der Waals surface area contributed by atoms with E-state index in [2.05, 4.69) is 22.1 Å². The molecule has 100 valence electrons. The third kappa shape index (κ3) is 4.01. The number of hydrogen-bond donors (Lipinski definition) is 3. The van der Waals surface area contributed by atoms with E-state index in [0.29, 0.717) is 11.8 Å². The number of hydrogen-bond acceptors (Lipinski definition) is 7. The van der Waals surface area contributed by atoms with Crippen LogP contribution in [0.25, 0.3) is 0 Å². The normalized spacial score (nSPS) is 19.1. The first-order chi connectivity index (χ1) is 8.40. The first kappa shape index (κ1) is 13.9. The molecule has 0 aromatic carbocycles. The minimum atomic E-state index is -1.82. The number of aromatic nitrogens is 2. The summed E-state index contributed by atoms with van der Waals surface area (Å²) in [6.07, 6.45) is 1.08. The number of carboxylic acid groups (broad SMARTS) is 2. The monoisotopic (exact) mass is 258 g/mol. The van der Waals surface area contributed by atoms with Crippen LogP contribution in [0.5, 0.6) is 0 Å². The average molecular weight is 258 g/mol. The molecule has 1 fully saturated rings. The van der Waals surface area contributed by atoms with Crippen molar-refractivity contribution in [3.8, 4) is 0 Å². The van der Waals surface area contributed by atoms with Crippen molar-refractivity contribution in [3.63, 3.8) is 0 Å². The summed E-state index contributed by atoms with van der Waals surface area (Å²) in [5, 5.41) is 18.3. The lowest BCUT2D eigenvalue weighted by Gasteiger charge is -2.04. The number of nitrogens with zero attached hydrogens (tertiary/aromatic N) is 3. The first-order valence-electron chi connectivity index (χ1n) is 5.14. The van der Waals surface area contributed by atoms with Gasteiger partial charge in [0.15, 0.2) is 0 Å². The molecule has 1 aromatic heterocycles. The number of likely N-dealkylation sites (tertiary alicyclic amines) is 1. The van der Waals surface area contributed by atoms with Crippen LogP contribution in [0.2, 0.25) is 0 Å². The van der Waals surface area contributed by atoms with Gasteiger partial charge in [-0.15, -0.1) is 0 Å². The molecule has 0 bridgehead atoms. The molecular formula is C9H14N4O5. The molecular weight excluding hydrogens is 244 g/mol. The van der Waals surface area contributed by atoms with Gasteiger partial charge in [-0.1, -0.05) is 0 Å². The second-order valence-corrected chi connectivity index (χ2v) is 3.85. The predicted molar refractivity (Wildman–Crippen MR) is 58.8 cm³/mol. The van der Waals surface area contributed by atoms with Crippen molar-refractivity contribution in [2.24, 2.45) is 0 Å². The Bertz CT molecular complexity index is 420. The quantitative estimate of drug-likeness (QED) is 0.553. The fourth-order valence-electron chi connectivity index (χ4n) is 1.55. The zero-order valence-corrected chi connectivity index (χ0v) is 9.74. The van der Waals surface area contributed by atoms with Crippen LogP contribution in [0.1, 0.15) is 18.2 Å². The van der Waals surface area contributed by atoms with Crippen LogP contribution in [0.15, 0.2) is 4.52 Å². The van der Waals surface area contributed by atoms with Crippen LogP contribution in [0.3, 0.4) is 0 Å². The summed E-state index contributed by atoms with van der Waals surface area (Å²) in [5.41, 5.74) is 5.35. The van der Waals surface area contributed by atoms with Crippen LogP contribution in [0, 0.1) is 0 Å². The molecule has 1 aromatic rings. The van der Waals surface area contributed by atoms with Crippen molar-refractivity contribution in [1.29, 1.82) is 0 Å². The summed E-state index contributed by atoms with van der Waals surface area (Å²) in [6, 6.07) is 0. The molecule has 1 saturated heterocycles. The van der Waals surface area contributed by atoms with Gasteiger partial charge in [0.1, 0.15) is 0 Å². The Morgan fingerprint density at radius 1 is 1.44 bits per heavy atom. The summed E-state index contributed by atoms with van der Waals surface area (Å²) >= 11 is 0. The van der Waals surface area contributed by atoms with E-state index in [1.54, 1.807) is 0 Å². The number of rotatable bonds is 1. The summed E-state index contributed by atoms with van der Waals surface area (Å²) in [6.45, 7) is 2.08. The minimum absolute atomic E-state index is 0.236. The second kappa shape index (κ2) is 5.96. The number of likely N-dealkylation sites (N-methyl/N-ethyl adjacent to an activating group) is 1. The zero-order chi connectivity index (χ0) is 13.7. The van der Waals surface area contributed by atoms with Crippen LogP contribution in [0.4, 0.5) is 5.95 Å². The molecule has 1 atom stereocenters. The highest BCUT2D eigenvalue weighted by molar-refractivity contribution is 6.27. The highest BCUT2D eigenvalue weighted by Crippen LogP contribution is 2.24. The Kier molecular flexibility index (Phi) is 4.60. The molecule has 0 spiro atoms. The molecule has 9 nitrogen and oxygen atoms in total. The fourth-order valence-corrected chi connectivity index (χ4v) is 1.55. The van der Waals surface area contributed by atoms with E-state index < -0.39 is 11.9 Å². The van der Waals surface area contributed by atoms with E-state index in [4.69, 9.17) is 30.1 Å². The summed E-state index contributed by atoms with van der Waals surface area (Å²) < 4.78 is 4.98.